The average Bonchev–Trinajstić information content (AvgIpc) is 2.44. The number of carboxylic acids is 1. The lowest BCUT2D eigenvalue weighted by Crippen LogP contribution is -2.01. The molecule has 0 aromatic carbocycles. The number of aromatic nitrogens is 2. The number of hydrogen-bond acceptors (Lipinski definition) is 2. The highest BCUT2D eigenvalue weighted by Crippen LogP contribution is 2.22. The molecule has 2 aromatic heterocycles. The van der Waals surface area contributed by atoms with Crippen LogP contribution in [-0.2, 0) is 11.2 Å². The van der Waals surface area contributed by atoms with Crippen molar-refractivity contribution in [1.82, 2.24) is 9.38 Å². The van der Waals surface area contributed by atoms with E-state index in [1.165, 1.54) is 0 Å². The first-order valence-corrected chi connectivity index (χ1v) is 5.22. The van der Waals surface area contributed by atoms with Gasteiger partial charge in [-0.1, -0.05) is 0 Å². The summed E-state index contributed by atoms with van der Waals surface area (Å²) < 4.78 is 2.74. The quantitative estimate of drug-likeness (QED) is 0.907. The van der Waals surface area contributed by atoms with Crippen molar-refractivity contribution >= 4 is 27.4 Å². The van der Waals surface area contributed by atoms with E-state index in [2.05, 4.69) is 20.9 Å². The third kappa shape index (κ3) is 1.74. The van der Waals surface area contributed by atoms with Gasteiger partial charge >= 0.3 is 5.97 Å². The van der Waals surface area contributed by atoms with Crippen LogP contribution in [0.3, 0.4) is 0 Å². The predicted molar refractivity (Wildman–Crippen MR) is 59.0 cm³/mol. The predicted octanol–water partition coefficient (Wildman–Crippen LogP) is 2.03. The summed E-state index contributed by atoms with van der Waals surface area (Å²) in [5.74, 6) is -0.0756. The van der Waals surface area contributed by atoms with Crippen LogP contribution in [0, 0.1) is 6.92 Å². The standard InChI is InChI=1S/C10H9BrN2O2/c1-6-12-8(5-9(14)15)10-7(11)3-2-4-13(6)10/h2-4H,5H2,1H3,(H,14,15). The maximum absolute atomic E-state index is 10.7. The molecule has 0 fully saturated rings. The smallest absolute Gasteiger partial charge is 0.309 e. The van der Waals surface area contributed by atoms with Crippen LogP contribution in [0.15, 0.2) is 22.8 Å². The maximum Gasteiger partial charge on any atom is 0.309 e. The number of nitrogens with zero attached hydrogens (tertiary/aromatic N) is 2. The lowest BCUT2D eigenvalue weighted by Gasteiger charge is -1.99. The Bertz CT molecular complexity index is 533. The van der Waals surface area contributed by atoms with Gasteiger partial charge in [0.2, 0.25) is 0 Å². The van der Waals surface area contributed by atoms with Crippen molar-refractivity contribution in [2.75, 3.05) is 0 Å². The molecule has 2 rings (SSSR count). The summed E-state index contributed by atoms with van der Waals surface area (Å²) >= 11 is 3.40. The van der Waals surface area contributed by atoms with Crippen molar-refractivity contribution in [1.29, 1.82) is 0 Å². The monoisotopic (exact) mass is 268 g/mol. The zero-order valence-corrected chi connectivity index (χ0v) is 9.65. The third-order valence-electron chi connectivity index (χ3n) is 2.18. The molecule has 0 aliphatic carbocycles. The maximum atomic E-state index is 10.7. The number of carbonyl (C=O) groups is 1. The van der Waals surface area contributed by atoms with Crippen LogP contribution in [0.5, 0.6) is 0 Å². The second-order valence-corrected chi connectivity index (χ2v) is 4.11. The molecule has 5 heteroatoms. The zero-order valence-electron chi connectivity index (χ0n) is 8.07. The van der Waals surface area contributed by atoms with Crippen LogP contribution in [-0.4, -0.2) is 20.5 Å². The summed E-state index contributed by atoms with van der Waals surface area (Å²) in [6.45, 7) is 1.85. The fraction of sp³-hybridized carbons (Fsp3) is 0.200. The van der Waals surface area contributed by atoms with Crippen LogP contribution in [0.2, 0.25) is 0 Å². The van der Waals surface area contributed by atoms with Gasteiger partial charge in [-0.15, -0.1) is 0 Å². The van der Waals surface area contributed by atoms with Gasteiger partial charge in [0.1, 0.15) is 5.82 Å². The van der Waals surface area contributed by atoms with Gasteiger partial charge in [0.25, 0.3) is 0 Å². The lowest BCUT2D eigenvalue weighted by molar-refractivity contribution is -0.136. The molecular weight excluding hydrogens is 260 g/mol. The van der Waals surface area contributed by atoms with Gasteiger partial charge in [0, 0.05) is 10.7 Å². The van der Waals surface area contributed by atoms with E-state index >= 15 is 0 Å². The Hall–Kier alpha value is -1.36. The Labute approximate surface area is 94.7 Å². The molecule has 15 heavy (non-hydrogen) atoms. The molecule has 0 bridgehead atoms. The molecule has 4 nitrogen and oxygen atoms in total. The van der Waals surface area contributed by atoms with E-state index in [0.29, 0.717) is 5.69 Å². The van der Waals surface area contributed by atoms with Crippen LogP contribution >= 0.6 is 15.9 Å². The first-order chi connectivity index (χ1) is 7.09. The average molecular weight is 269 g/mol. The summed E-state index contributed by atoms with van der Waals surface area (Å²) in [6, 6.07) is 3.76. The highest BCUT2D eigenvalue weighted by Gasteiger charge is 2.13. The van der Waals surface area contributed by atoms with Gasteiger partial charge in [-0.2, -0.15) is 0 Å². The molecule has 0 amide bonds. The van der Waals surface area contributed by atoms with Crippen LogP contribution in [0.1, 0.15) is 11.5 Å². The summed E-state index contributed by atoms with van der Waals surface area (Å²) in [6.07, 6.45) is 1.81. The van der Waals surface area contributed by atoms with E-state index in [1.54, 1.807) is 0 Å². The molecule has 0 unspecified atom stereocenters. The van der Waals surface area contributed by atoms with Gasteiger partial charge in [0.15, 0.2) is 0 Å². The summed E-state index contributed by atoms with van der Waals surface area (Å²) in [7, 11) is 0. The summed E-state index contributed by atoms with van der Waals surface area (Å²) in [5.41, 5.74) is 1.42. The molecule has 78 valence electrons. The Balaban J connectivity index is 2.70. The van der Waals surface area contributed by atoms with E-state index in [0.717, 1.165) is 15.8 Å². The Morgan fingerprint density at radius 3 is 3.07 bits per heavy atom. The fourth-order valence-corrected chi connectivity index (χ4v) is 2.17. The van der Waals surface area contributed by atoms with Crippen molar-refractivity contribution in [2.45, 2.75) is 13.3 Å². The summed E-state index contributed by atoms with van der Waals surface area (Å²) in [4.78, 5) is 14.9. The molecule has 2 heterocycles. The number of aliphatic carboxylic acids is 1. The number of pyridine rings is 1. The third-order valence-corrected chi connectivity index (χ3v) is 2.82. The van der Waals surface area contributed by atoms with Crippen LogP contribution < -0.4 is 0 Å². The van der Waals surface area contributed by atoms with E-state index in [9.17, 15) is 4.79 Å². The van der Waals surface area contributed by atoms with Crippen molar-refractivity contribution in [3.8, 4) is 0 Å². The number of fused-ring (bicyclic) bond motifs is 1. The molecule has 1 N–H and O–H groups in total. The molecule has 0 saturated heterocycles. The highest BCUT2D eigenvalue weighted by atomic mass is 79.9. The topological polar surface area (TPSA) is 54.6 Å². The first-order valence-electron chi connectivity index (χ1n) is 4.43. The molecule has 0 saturated carbocycles. The largest absolute Gasteiger partial charge is 0.481 e. The van der Waals surface area contributed by atoms with E-state index in [1.807, 2.05) is 29.7 Å². The van der Waals surface area contributed by atoms with Crippen molar-refractivity contribution in [3.05, 3.63) is 34.3 Å². The Kier molecular flexibility index (Phi) is 2.48. The number of hydrogen-bond donors (Lipinski definition) is 1. The number of imidazole rings is 1. The molecule has 2 aromatic rings. The summed E-state index contributed by atoms with van der Waals surface area (Å²) in [5, 5.41) is 8.76. The van der Waals surface area contributed by atoms with E-state index in [4.69, 9.17) is 5.11 Å². The minimum Gasteiger partial charge on any atom is -0.481 e. The zero-order chi connectivity index (χ0) is 11.0. The van der Waals surface area contributed by atoms with Gasteiger partial charge in [0.05, 0.1) is 17.6 Å². The van der Waals surface area contributed by atoms with Crippen molar-refractivity contribution < 1.29 is 9.90 Å². The van der Waals surface area contributed by atoms with Crippen LogP contribution in [0.25, 0.3) is 5.52 Å². The number of halogens is 1. The fourth-order valence-electron chi connectivity index (χ4n) is 1.60. The molecular formula is C10H9BrN2O2. The highest BCUT2D eigenvalue weighted by molar-refractivity contribution is 9.10. The van der Waals surface area contributed by atoms with E-state index < -0.39 is 5.97 Å². The minimum atomic E-state index is -0.870. The number of aryl methyl sites for hydroxylation is 1. The molecule has 0 aliphatic rings. The lowest BCUT2D eigenvalue weighted by atomic mass is 10.2. The number of carboxylic acid groups (broad SMARTS) is 1. The second-order valence-electron chi connectivity index (χ2n) is 3.25. The van der Waals surface area contributed by atoms with Gasteiger partial charge < -0.3 is 9.51 Å². The number of rotatable bonds is 2. The molecule has 0 radical (unpaired) electrons. The van der Waals surface area contributed by atoms with Crippen LogP contribution in [0.4, 0.5) is 0 Å². The normalized spacial score (nSPS) is 10.8. The Morgan fingerprint density at radius 1 is 1.67 bits per heavy atom. The SMILES string of the molecule is Cc1nc(CC(=O)O)c2c(Br)cccn12. The first kappa shape index (κ1) is 10.2. The van der Waals surface area contributed by atoms with Crippen molar-refractivity contribution in [3.63, 3.8) is 0 Å². The van der Waals surface area contributed by atoms with Crippen molar-refractivity contribution in [2.24, 2.45) is 0 Å². The van der Waals surface area contributed by atoms with Gasteiger partial charge in [-0.05, 0) is 35.0 Å². The molecule has 0 atom stereocenters. The molecule has 0 aliphatic heterocycles. The minimum absolute atomic E-state index is 0.0556. The Morgan fingerprint density at radius 2 is 2.40 bits per heavy atom. The van der Waals surface area contributed by atoms with Gasteiger partial charge in [-0.25, -0.2) is 4.98 Å². The molecule has 0 spiro atoms. The van der Waals surface area contributed by atoms with E-state index in [-0.39, 0.29) is 6.42 Å². The van der Waals surface area contributed by atoms with Gasteiger partial charge in [-0.3, -0.25) is 4.79 Å². The second kappa shape index (κ2) is 3.66.